The minimum Gasteiger partial charge on any atom is -0.457 e. The summed E-state index contributed by atoms with van der Waals surface area (Å²) < 4.78 is 42.0. The van der Waals surface area contributed by atoms with Gasteiger partial charge in [-0.05, 0) is 12.1 Å². The second-order valence-corrected chi connectivity index (χ2v) is 4.24. The van der Waals surface area contributed by atoms with E-state index in [2.05, 4.69) is 4.74 Å². The molecule has 16 heavy (non-hydrogen) atoms. The Bertz CT molecular complexity index is 434. The van der Waals surface area contributed by atoms with Crippen molar-refractivity contribution in [1.82, 2.24) is 0 Å². The SMILES string of the molecule is O=C1OCc2c(SCC(F)F)ccc(F)c21. The fourth-order valence-electron chi connectivity index (χ4n) is 1.46. The number of halogens is 3. The second kappa shape index (κ2) is 4.37. The summed E-state index contributed by atoms with van der Waals surface area (Å²) in [5.74, 6) is -1.78. The molecule has 0 spiro atoms. The van der Waals surface area contributed by atoms with E-state index in [1.165, 1.54) is 6.07 Å². The van der Waals surface area contributed by atoms with Gasteiger partial charge in [-0.1, -0.05) is 0 Å². The van der Waals surface area contributed by atoms with Gasteiger partial charge < -0.3 is 4.74 Å². The van der Waals surface area contributed by atoms with Crippen molar-refractivity contribution in [3.8, 4) is 0 Å². The van der Waals surface area contributed by atoms with Gasteiger partial charge in [-0.25, -0.2) is 18.0 Å². The number of carbonyl (C=O) groups excluding carboxylic acids is 1. The van der Waals surface area contributed by atoms with Crippen LogP contribution in [0.4, 0.5) is 13.2 Å². The molecule has 0 radical (unpaired) electrons. The maximum Gasteiger partial charge on any atom is 0.341 e. The highest BCUT2D eigenvalue weighted by molar-refractivity contribution is 7.99. The van der Waals surface area contributed by atoms with Crippen LogP contribution in [-0.4, -0.2) is 18.1 Å². The van der Waals surface area contributed by atoms with Crippen LogP contribution in [0.15, 0.2) is 17.0 Å². The summed E-state index contributed by atoms with van der Waals surface area (Å²) >= 11 is 0.896. The first-order valence-corrected chi connectivity index (χ1v) is 5.47. The van der Waals surface area contributed by atoms with E-state index in [1.807, 2.05) is 0 Å². The van der Waals surface area contributed by atoms with Crippen LogP contribution in [0.1, 0.15) is 15.9 Å². The number of benzene rings is 1. The Morgan fingerprint density at radius 1 is 1.44 bits per heavy atom. The lowest BCUT2D eigenvalue weighted by molar-refractivity contribution is 0.0531. The Balaban J connectivity index is 2.31. The van der Waals surface area contributed by atoms with E-state index in [0.717, 1.165) is 17.8 Å². The molecule has 0 aliphatic carbocycles. The number of ether oxygens (including phenoxy) is 1. The summed E-state index contributed by atoms with van der Waals surface area (Å²) in [5.41, 5.74) is 0.245. The van der Waals surface area contributed by atoms with Gasteiger partial charge in [-0.15, -0.1) is 11.8 Å². The first kappa shape index (κ1) is 11.3. The molecule has 0 N–H and O–H groups in total. The molecule has 1 aliphatic heterocycles. The number of carbonyl (C=O) groups is 1. The van der Waals surface area contributed by atoms with Crippen LogP contribution in [0.2, 0.25) is 0 Å². The van der Waals surface area contributed by atoms with E-state index in [9.17, 15) is 18.0 Å². The molecule has 0 aromatic heterocycles. The molecular formula is C10H7F3O2S. The molecule has 1 heterocycles. The molecule has 2 rings (SSSR count). The van der Waals surface area contributed by atoms with E-state index < -0.39 is 18.2 Å². The minimum atomic E-state index is -2.44. The Labute approximate surface area is 93.8 Å². The van der Waals surface area contributed by atoms with Crippen molar-refractivity contribution in [2.45, 2.75) is 17.9 Å². The molecule has 0 atom stereocenters. The highest BCUT2D eigenvalue weighted by atomic mass is 32.2. The van der Waals surface area contributed by atoms with Crippen LogP contribution < -0.4 is 0 Å². The summed E-state index contributed by atoms with van der Waals surface area (Å²) in [7, 11) is 0. The van der Waals surface area contributed by atoms with E-state index in [0.29, 0.717) is 10.5 Å². The molecule has 0 bridgehead atoms. The Hall–Kier alpha value is -1.17. The lowest BCUT2D eigenvalue weighted by Crippen LogP contribution is -1.99. The van der Waals surface area contributed by atoms with Crippen molar-refractivity contribution in [2.24, 2.45) is 0 Å². The Morgan fingerprint density at radius 2 is 2.19 bits per heavy atom. The van der Waals surface area contributed by atoms with Crippen LogP contribution in [0.3, 0.4) is 0 Å². The molecule has 2 nitrogen and oxygen atoms in total. The average molecular weight is 248 g/mol. The van der Waals surface area contributed by atoms with Gasteiger partial charge in [0.05, 0.1) is 5.75 Å². The third-order valence-corrected chi connectivity index (χ3v) is 3.25. The molecule has 1 aromatic carbocycles. The van der Waals surface area contributed by atoms with Gasteiger partial charge >= 0.3 is 5.97 Å². The van der Waals surface area contributed by atoms with E-state index in [-0.39, 0.29) is 17.9 Å². The van der Waals surface area contributed by atoms with Crippen molar-refractivity contribution in [1.29, 1.82) is 0 Å². The number of thioether (sulfide) groups is 1. The van der Waals surface area contributed by atoms with Crippen molar-refractivity contribution < 1.29 is 22.7 Å². The zero-order valence-electron chi connectivity index (χ0n) is 8.00. The van der Waals surface area contributed by atoms with Crippen LogP contribution in [0.25, 0.3) is 0 Å². The van der Waals surface area contributed by atoms with Crippen LogP contribution in [-0.2, 0) is 11.3 Å². The quantitative estimate of drug-likeness (QED) is 0.607. The highest BCUT2D eigenvalue weighted by Gasteiger charge is 2.28. The largest absolute Gasteiger partial charge is 0.457 e. The number of esters is 1. The average Bonchev–Trinajstić information content (AvgIpc) is 2.61. The number of hydrogen-bond donors (Lipinski definition) is 0. The molecule has 86 valence electrons. The third kappa shape index (κ3) is 2.02. The maximum absolute atomic E-state index is 13.3. The number of alkyl halides is 2. The number of fused-ring (bicyclic) bond motifs is 1. The fraction of sp³-hybridized carbons (Fsp3) is 0.300. The summed E-state index contributed by atoms with van der Waals surface area (Å²) in [6, 6.07) is 2.49. The van der Waals surface area contributed by atoms with E-state index in [4.69, 9.17) is 0 Å². The lowest BCUT2D eigenvalue weighted by atomic mass is 10.1. The zero-order valence-corrected chi connectivity index (χ0v) is 8.82. The monoisotopic (exact) mass is 248 g/mol. The smallest absolute Gasteiger partial charge is 0.341 e. The van der Waals surface area contributed by atoms with Crippen molar-refractivity contribution in [3.05, 3.63) is 29.1 Å². The molecule has 0 amide bonds. The molecule has 0 saturated heterocycles. The predicted octanol–water partition coefficient (Wildman–Crippen LogP) is 2.85. The van der Waals surface area contributed by atoms with Crippen LogP contribution in [0, 0.1) is 5.82 Å². The van der Waals surface area contributed by atoms with Crippen molar-refractivity contribution in [2.75, 3.05) is 5.75 Å². The predicted molar refractivity (Wildman–Crippen MR) is 52.2 cm³/mol. The van der Waals surface area contributed by atoms with Crippen LogP contribution in [0.5, 0.6) is 0 Å². The van der Waals surface area contributed by atoms with Gasteiger partial charge in [-0.3, -0.25) is 0 Å². The van der Waals surface area contributed by atoms with Gasteiger partial charge in [0, 0.05) is 10.5 Å². The van der Waals surface area contributed by atoms with Gasteiger partial charge in [0.2, 0.25) is 6.43 Å². The van der Waals surface area contributed by atoms with Crippen molar-refractivity contribution >= 4 is 17.7 Å². The van der Waals surface area contributed by atoms with Crippen LogP contribution >= 0.6 is 11.8 Å². The number of hydrogen-bond acceptors (Lipinski definition) is 3. The molecule has 0 fully saturated rings. The molecule has 1 aromatic rings. The standard InChI is InChI=1S/C10H7F3O2S/c11-6-1-2-7(16-4-8(12)13)5-3-15-10(14)9(5)6/h1-2,8H,3-4H2. The third-order valence-electron chi connectivity index (χ3n) is 2.14. The van der Waals surface area contributed by atoms with Gasteiger partial charge in [-0.2, -0.15) is 0 Å². The number of cyclic esters (lactones) is 1. The molecular weight excluding hydrogens is 241 g/mol. The molecule has 1 aliphatic rings. The van der Waals surface area contributed by atoms with E-state index in [1.54, 1.807) is 0 Å². The Morgan fingerprint density at radius 3 is 2.88 bits per heavy atom. The van der Waals surface area contributed by atoms with Gasteiger partial charge in [0.1, 0.15) is 18.0 Å². The summed E-state index contributed by atoms with van der Waals surface area (Å²) in [4.78, 5) is 11.6. The fourth-order valence-corrected chi connectivity index (χ4v) is 2.27. The summed E-state index contributed by atoms with van der Waals surface area (Å²) in [6.07, 6.45) is -2.44. The molecule has 6 heteroatoms. The van der Waals surface area contributed by atoms with E-state index >= 15 is 0 Å². The minimum absolute atomic E-state index is 0.0441. The Kier molecular flexibility index (Phi) is 3.09. The topological polar surface area (TPSA) is 26.3 Å². The normalized spacial score (nSPS) is 14.1. The maximum atomic E-state index is 13.3. The first-order chi connectivity index (χ1) is 7.59. The number of rotatable bonds is 3. The lowest BCUT2D eigenvalue weighted by Gasteiger charge is -2.05. The highest BCUT2D eigenvalue weighted by Crippen LogP contribution is 2.33. The van der Waals surface area contributed by atoms with Gasteiger partial charge in [0.15, 0.2) is 0 Å². The second-order valence-electron chi connectivity index (χ2n) is 3.18. The molecule has 0 unspecified atom stereocenters. The summed E-state index contributed by atoms with van der Waals surface area (Å²) in [6.45, 7) is -0.0441. The zero-order chi connectivity index (χ0) is 11.7. The molecule has 0 saturated carbocycles. The first-order valence-electron chi connectivity index (χ1n) is 4.49. The van der Waals surface area contributed by atoms with Crippen molar-refractivity contribution in [3.63, 3.8) is 0 Å². The summed E-state index contributed by atoms with van der Waals surface area (Å²) in [5, 5.41) is 0. The van der Waals surface area contributed by atoms with Gasteiger partial charge in [0.25, 0.3) is 0 Å².